The maximum Gasteiger partial charge on any atom is 0.126 e. The highest BCUT2D eigenvalue weighted by Crippen LogP contribution is 2.47. The largest absolute Gasteiger partial charge is 0.316 e. The van der Waals surface area contributed by atoms with Gasteiger partial charge in [0.15, 0.2) is 0 Å². The van der Waals surface area contributed by atoms with Gasteiger partial charge < -0.3 is 5.32 Å². The summed E-state index contributed by atoms with van der Waals surface area (Å²) in [5, 5.41) is 3.31. The van der Waals surface area contributed by atoms with E-state index in [1.54, 1.807) is 0 Å². The van der Waals surface area contributed by atoms with Gasteiger partial charge in [0.1, 0.15) is 11.6 Å². The third-order valence-electron chi connectivity index (χ3n) is 3.11. The summed E-state index contributed by atoms with van der Waals surface area (Å²) in [6.45, 7) is 4.02. The zero-order chi connectivity index (χ0) is 11.5. The first-order chi connectivity index (χ1) is 7.72. The van der Waals surface area contributed by atoms with Crippen LogP contribution in [0.3, 0.4) is 0 Å². The van der Waals surface area contributed by atoms with E-state index in [4.69, 9.17) is 0 Å². The minimum absolute atomic E-state index is 0.208. The number of benzene rings is 1. The molecule has 0 bridgehead atoms. The molecule has 1 N–H and O–H groups in total. The molecule has 0 heterocycles. The lowest BCUT2D eigenvalue weighted by Crippen LogP contribution is -2.18. The summed E-state index contributed by atoms with van der Waals surface area (Å²) in [4.78, 5) is 0. The van der Waals surface area contributed by atoms with Crippen LogP contribution in [0.1, 0.15) is 31.2 Å². The molecule has 2 atom stereocenters. The van der Waals surface area contributed by atoms with Crippen molar-refractivity contribution in [2.75, 3.05) is 13.1 Å². The second kappa shape index (κ2) is 4.91. The van der Waals surface area contributed by atoms with Gasteiger partial charge in [-0.25, -0.2) is 8.78 Å². The van der Waals surface area contributed by atoms with Gasteiger partial charge in [0.2, 0.25) is 0 Å². The summed E-state index contributed by atoms with van der Waals surface area (Å²) >= 11 is 0. The Labute approximate surface area is 94.9 Å². The first-order valence-electron chi connectivity index (χ1n) is 5.88. The van der Waals surface area contributed by atoms with Crippen molar-refractivity contribution in [3.05, 3.63) is 35.4 Å². The standard InChI is InChI=1S/C13H17F2N/c1-2-5-16-8-9-6-11(9)12-7-10(14)3-4-13(12)15/h3-4,7,9,11,16H,2,5-6,8H2,1H3. The summed E-state index contributed by atoms with van der Waals surface area (Å²) in [6.07, 6.45) is 2.07. The van der Waals surface area contributed by atoms with Crippen LogP contribution in [0.2, 0.25) is 0 Å². The van der Waals surface area contributed by atoms with E-state index in [1.165, 1.54) is 18.2 Å². The Bertz CT molecular complexity index is 365. The molecule has 0 aromatic heterocycles. The zero-order valence-corrected chi connectivity index (χ0v) is 9.47. The molecular weight excluding hydrogens is 208 g/mol. The molecule has 1 aromatic rings. The van der Waals surface area contributed by atoms with Gasteiger partial charge in [-0.05, 0) is 61.5 Å². The average Bonchev–Trinajstić information content (AvgIpc) is 3.02. The normalized spacial score (nSPS) is 23.4. The summed E-state index contributed by atoms with van der Waals surface area (Å²) in [6, 6.07) is 3.73. The first kappa shape index (κ1) is 11.5. The highest BCUT2D eigenvalue weighted by Gasteiger charge is 2.39. The smallest absolute Gasteiger partial charge is 0.126 e. The van der Waals surface area contributed by atoms with Crippen molar-refractivity contribution in [2.45, 2.75) is 25.7 Å². The number of nitrogens with one attached hydrogen (secondary N) is 1. The monoisotopic (exact) mass is 225 g/mol. The van der Waals surface area contributed by atoms with Gasteiger partial charge in [0, 0.05) is 0 Å². The summed E-state index contributed by atoms with van der Waals surface area (Å²) in [5.74, 6) is 0.0656. The Kier molecular flexibility index (Phi) is 3.54. The van der Waals surface area contributed by atoms with Gasteiger partial charge in [-0.3, -0.25) is 0 Å². The van der Waals surface area contributed by atoms with E-state index in [0.717, 1.165) is 25.9 Å². The van der Waals surface area contributed by atoms with Crippen molar-refractivity contribution >= 4 is 0 Å². The molecule has 0 radical (unpaired) electrons. The van der Waals surface area contributed by atoms with E-state index in [1.807, 2.05) is 0 Å². The average molecular weight is 225 g/mol. The van der Waals surface area contributed by atoms with Gasteiger partial charge in [0.05, 0.1) is 0 Å². The minimum Gasteiger partial charge on any atom is -0.316 e. The second-order valence-electron chi connectivity index (χ2n) is 4.47. The van der Waals surface area contributed by atoms with Gasteiger partial charge in [-0.2, -0.15) is 0 Å². The zero-order valence-electron chi connectivity index (χ0n) is 9.47. The Morgan fingerprint density at radius 3 is 2.94 bits per heavy atom. The maximum atomic E-state index is 13.4. The van der Waals surface area contributed by atoms with E-state index in [-0.39, 0.29) is 17.6 Å². The topological polar surface area (TPSA) is 12.0 Å². The molecule has 1 fully saturated rings. The molecule has 0 amide bonds. The highest BCUT2D eigenvalue weighted by atomic mass is 19.1. The predicted octanol–water partition coefficient (Wildman–Crippen LogP) is 3.07. The fourth-order valence-corrected chi connectivity index (χ4v) is 2.12. The Morgan fingerprint density at radius 2 is 2.19 bits per heavy atom. The van der Waals surface area contributed by atoms with Crippen LogP contribution in [-0.2, 0) is 0 Å². The molecule has 1 saturated carbocycles. The van der Waals surface area contributed by atoms with E-state index >= 15 is 0 Å². The van der Waals surface area contributed by atoms with Crippen LogP contribution in [0.25, 0.3) is 0 Å². The van der Waals surface area contributed by atoms with Crippen LogP contribution in [-0.4, -0.2) is 13.1 Å². The van der Waals surface area contributed by atoms with Crippen molar-refractivity contribution in [3.63, 3.8) is 0 Å². The number of hydrogen-bond donors (Lipinski definition) is 1. The Morgan fingerprint density at radius 1 is 1.38 bits per heavy atom. The van der Waals surface area contributed by atoms with Gasteiger partial charge >= 0.3 is 0 Å². The van der Waals surface area contributed by atoms with Gasteiger partial charge in [-0.15, -0.1) is 0 Å². The van der Waals surface area contributed by atoms with Gasteiger partial charge in [0.25, 0.3) is 0 Å². The van der Waals surface area contributed by atoms with Gasteiger partial charge in [-0.1, -0.05) is 6.92 Å². The van der Waals surface area contributed by atoms with E-state index in [9.17, 15) is 8.78 Å². The van der Waals surface area contributed by atoms with E-state index in [0.29, 0.717) is 11.5 Å². The maximum absolute atomic E-state index is 13.4. The van der Waals surface area contributed by atoms with Crippen LogP contribution >= 0.6 is 0 Å². The van der Waals surface area contributed by atoms with Crippen LogP contribution in [0, 0.1) is 17.6 Å². The van der Waals surface area contributed by atoms with Crippen molar-refractivity contribution in [1.82, 2.24) is 5.32 Å². The molecule has 0 spiro atoms. The molecule has 1 aromatic carbocycles. The molecule has 88 valence electrons. The lowest BCUT2D eigenvalue weighted by molar-refractivity contribution is 0.574. The first-order valence-corrected chi connectivity index (χ1v) is 5.88. The Balaban J connectivity index is 1.92. The fraction of sp³-hybridized carbons (Fsp3) is 0.538. The predicted molar refractivity (Wildman–Crippen MR) is 60.4 cm³/mol. The highest BCUT2D eigenvalue weighted by molar-refractivity contribution is 5.28. The minimum atomic E-state index is -0.344. The van der Waals surface area contributed by atoms with E-state index < -0.39 is 0 Å². The van der Waals surface area contributed by atoms with Crippen LogP contribution in [0.5, 0.6) is 0 Å². The molecule has 2 rings (SSSR count). The molecule has 1 aliphatic carbocycles. The lowest BCUT2D eigenvalue weighted by atomic mass is 10.1. The molecular formula is C13H17F2N. The number of hydrogen-bond acceptors (Lipinski definition) is 1. The van der Waals surface area contributed by atoms with Crippen LogP contribution in [0.4, 0.5) is 8.78 Å². The molecule has 0 aliphatic heterocycles. The van der Waals surface area contributed by atoms with Crippen molar-refractivity contribution < 1.29 is 8.78 Å². The Hall–Kier alpha value is -0.960. The second-order valence-corrected chi connectivity index (χ2v) is 4.47. The fourth-order valence-electron chi connectivity index (χ4n) is 2.12. The molecule has 1 aliphatic rings. The van der Waals surface area contributed by atoms with Crippen LogP contribution < -0.4 is 5.32 Å². The van der Waals surface area contributed by atoms with Crippen molar-refractivity contribution in [3.8, 4) is 0 Å². The number of rotatable bonds is 5. The number of halogens is 2. The molecule has 1 nitrogen and oxygen atoms in total. The van der Waals surface area contributed by atoms with Crippen molar-refractivity contribution in [1.29, 1.82) is 0 Å². The molecule has 3 heteroatoms. The van der Waals surface area contributed by atoms with Crippen LogP contribution in [0.15, 0.2) is 18.2 Å². The van der Waals surface area contributed by atoms with Crippen molar-refractivity contribution in [2.24, 2.45) is 5.92 Å². The summed E-state index contributed by atoms with van der Waals surface area (Å²) in [7, 11) is 0. The lowest BCUT2D eigenvalue weighted by Gasteiger charge is -2.04. The quantitative estimate of drug-likeness (QED) is 0.759. The molecule has 0 saturated heterocycles. The third-order valence-corrected chi connectivity index (χ3v) is 3.11. The van der Waals surface area contributed by atoms with E-state index in [2.05, 4.69) is 12.2 Å². The molecule has 2 unspecified atom stereocenters. The SMILES string of the molecule is CCCNCC1CC1c1cc(F)ccc1F. The summed E-state index contributed by atoms with van der Waals surface area (Å²) in [5.41, 5.74) is 0.545. The molecule has 16 heavy (non-hydrogen) atoms. The summed E-state index contributed by atoms with van der Waals surface area (Å²) < 4.78 is 26.4. The third kappa shape index (κ3) is 2.59.